The molecule has 1 aromatic carbocycles. The molecule has 2 aromatic rings. The number of carbonyl (C=O) groups excluding carboxylic acids is 2. The van der Waals surface area contributed by atoms with E-state index in [1.165, 1.54) is 23.5 Å². The standard InChI is InChI=1S/C20H20F2N2O3/c21-15-10-17(22)16-2-1-6-24(18(16)11-15)20(26)13-3-7-23(8-4-13)19(25)14-5-9-27-12-14/h5,9-13H,1-4,6-8H2. The van der Waals surface area contributed by atoms with Crippen molar-refractivity contribution in [3.63, 3.8) is 0 Å². The summed E-state index contributed by atoms with van der Waals surface area (Å²) in [4.78, 5) is 28.6. The summed E-state index contributed by atoms with van der Waals surface area (Å²) >= 11 is 0. The number of nitrogens with zero attached hydrogens (tertiary/aromatic N) is 2. The maximum absolute atomic E-state index is 14.1. The van der Waals surface area contributed by atoms with E-state index in [1.807, 2.05) is 0 Å². The number of carbonyl (C=O) groups is 2. The molecule has 0 saturated carbocycles. The van der Waals surface area contributed by atoms with Crippen molar-refractivity contribution in [3.05, 3.63) is 53.5 Å². The van der Waals surface area contributed by atoms with Crippen LogP contribution in [0.15, 0.2) is 35.1 Å². The maximum atomic E-state index is 14.1. The molecule has 0 bridgehead atoms. The fraction of sp³-hybridized carbons (Fsp3) is 0.400. The molecule has 2 aliphatic rings. The SMILES string of the molecule is O=C(c1ccoc1)N1CCC(C(=O)N2CCCc3c(F)cc(F)cc32)CC1. The van der Waals surface area contributed by atoms with Crippen molar-refractivity contribution in [2.24, 2.45) is 5.92 Å². The lowest BCUT2D eigenvalue weighted by atomic mass is 9.92. The van der Waals surface area contributed by atoms with E-state index >= 15 is 0 Å². The number of furan rings is 1. The van der Waals surface area contributed by atoms with Crippen LogP contribution in [0.5, 0.6) is 0 Å². The van der Waals surface area contributed by atoms with Crippen LogP contribution in [-0.2, 0) is 11.2 Å². The molecule has 1 saturated heterocycles. The van der Waals surface area contributed by atoms with Gasteiger partial charge in [0.25, 0.3) is 5.91 Å². The molecule has 5 nitrogen and oxygen atoms in total. The lowest BCUT2D eigenvalue weighted by Crippen LogP contribution is -2.46. The van der Waals surface area contributed by atoms with E-state index in [0.29, 0.717) is 62.1 Å². The van der Waals surface area contributed by atoms with Gasteiger partial charge < -0.3 is 14.2 Å². The number of likely N-dealkylation sites (tertiary alicyclic amines) is 1. The van der Waals surface area contributed by atoms with Crippen LogP contribution in [-0.4, -0.2) is 36.3 Å². The summed E-state index contributed by atoms with van der Waals surface area (Å²) < 4.78 is 32.7. The highest BCUT2D eigenvalue weighted by Gasteiger charge is 2.33. The summed E-state index contributed by atoms with van der Waals surface area (Å²) in [6.45, 7) is 1.40. The lowest BCUT2D eigenvalue weighted by Gasteiger charge is -2.36. The Balaban J connectivity index is 1.46. The summed E-state index contributed by atoms with van der Waals surface area (Å²) in [6, 6.07) is 3.73. The van der Waals surface area contributed by atoms with Gasteiger partial charge >= 0.3 is 0 Å². The highest BCUT2D eigenvalue weighted by Crippen LogP contribution is 2.33. The van der Waals surface area contributed by atoms with Crippen molar-refractivity contribution in [1.82, 2.24) is 4.90 Å². The second-order valence-corrected chi connectivity index (χ2v) is 7.06. The summed E-state index contributed by atoms with van der Waals surface area (Å²) in [5.74, 6) is -1.75. The van der Waals surface area contributed by atoms with Crippen molar-refractivity contribution in [2.45, 2.75) is 25.7 Å². The average Bonchev–Trinajstić information content (AvgIpc) is 3.21. The topological polar surface area (TPSA) is 53.8 Å². The summed E-state index contributed by atoms with van der Waals surface area (Å²) in [6.07, 6.45) is 5.09. The third-order valence-corrected chi connectivity index (χ3v) is 5.40. The van der Waals surface area contributed by atoms with Gasteiger partial charge in [0, 0.05) is 37.2 Å². The molecular weight excluding hydrogens is 354 g/mol. The quantitative estimate of drug-likeness (QED) is 0.810. The molecule has 0 radical (unpaired) electrons. The number of hydrogen-bond acceptors (Lipinski definition) is 3. The van der Waals surface area contributed by atoms with Crippen molar-refractivity contribution in [2.75, 3.05) is 24.5 Å². The van der Waals surface area contributed by atoms with Crippen LogP contribution in [0, 0.1) is 17.6 Å². The van der Waals surface area contributed by atoms with Gasteiger partial charge in [-0.05, 0) is 37.8 Å². The van der Waals surface area contributed by atoms with Crippen LogP contribution in [0.2, 0.25) is 0 Å². The molecule has 0 unspecified atom stereocenters. The van der Waals surface area contributed by atoms with Crippen LogP contribution in [0.4, 0.5) is 14.5 Å². The minimum absolute atomic E-state index is 0.109. The Labute approximate surface area is 155 Å². The Bertz CT molecular complexity index is 858. The number of anilines is 1. The van der Waals surface area contributed by atoms with E-state index in [-0.39, 0.29) is 17.7 Å². The average molecular weight is 374 g/mol. The molecular formula is C20H20F2N2O3. The van der Waals surface area contributed by atoms with Gasteiger partial charge in [-0.3, -0.25) is 9.59 Å². The zero-order valence-electron chi connectivity index (χ0n) is 14.8. The fourth-order valence-corrected chi connectivity index (χ4v) is 3.96. The molecule has 0 aliphatic carbocycles. The van der Waals surface area contributed by atoms with E-state index in [9.17, 15) is 18.4 Å². The molecule has 3 heterocycles. The largest absolute Gasteiger partial charge is 0.472 e. The van der Waals surface area contributed by atoms with Crippen molar-refractivity contribution in [1.29, 1.82) is 0 Å². The first kappa shape index (κ1) is 17.7. The maximum Gasteiger partial charge on any atom is 0.257 e. The molecule has 0 atom stereocenters. The van der Waals surface area contributed by atoms with Crippen LogP contribution >= 0.6 is 0 Å². The molecule has 1 fully saturated rings. The zero-order chi connectivity index (χ0) is 19.0. The van der Waals surface area contributed by atoms with Crippen LogP contribution in [0.3, 0.4) is 0 Å². The van der Waals surface area contributed by atoms with Crippen LogP contribution in [0.1, 0.15) is 35.2 Å². The summed E-state index contributed by atoms with van der Waals surface area (Å²) in [5, 5.41) is 0. The minimum atomic E-state index is -0.675. The first-order valence-corrected chi connectivity index (χ1v) is 9.15. The molecule has 0 spiro atoms. The molecule has 142 valence electrons. The molecule has 27 heavy (non-hydrogen) atoms. The second kappa shape index (κ2) is 7.13. The zero-order valence-corrected chi connectivity index (χ0v) is 14.8. The first-order valence-electron chi connectivity index (χ1n) is 9.15. The minimum Gasteiger partial charge on any atom is -0.472 e. The van der Waals surface area contributed by atoms with Gasteiger partial charge in [-0.2, -0.15) is 0 Å². The number of piperidine rings is 1. The third-order valence-electron chi connectivity index (χ3n) is 5.40. The van der Waals surface area contributed by atoms with Gasteiger partial charge in [0.15, 0.2) is 0 Å². The predicted octanol–water partition coefficient (Wildman–Crippen LogP) is 3.39. The van der Waals surface area contributed by atoms with Crippen molar-refractivity contribution in [3.8, 4) is 0 Å². The van der Waals surface area contributed by atoms with Crippen molar-refractivity contribution >= 4 is 17.5 Å². The van der Waals surface area contributed by atoms with Crippen LogP contribution < -0.4 is 4.90 Å². The van der Waals surface area contributed by atoms with Crippen molar-refractivity contribution < 1.29 is 22.8 Å². The van der Waals surface area contributed by atoms with Crippen LogP contribution in [0.25, 0.3) is 0 Å². The molecule has 7 heteroatoms. The molecule has 1 aromatic heterocycles. The lowest BCUT2D eigenvalue weighted by molar-refractivity contribution is -0.123. The highest BCUT2D eigenvalue weighted by molar-refractivity contribution is 5.97. The monoisotopic (exact) mass is 374 g/mol. The number of hydrogen-bond donors (Lipinski definition) is 0. The molecule has 2 amide bonds. The van der Waals surface area contributed by atoms with E-state index in [1.54, 1.807) is 11.0 Å². The first-order chi connectivity index (χ1) is 13.0. The van der Waals surface area contributed by atoms with Gasteiger partial charge in [0.05, 0.1) is 17.5 Å². The Morgan fingerprint density at radius 1 is 1.11 bits per heavy atom. The van der Waals surface area contributed by atoms with E-state index in [2.05, 4.69) is 0 Å². The number of benzene rings is 1. The van der Waals surface area contributed by atoms with E-state index < -0.39 is 11.6 Å². The summed E-state index contributed by atoms with van der Waals surface area (Å²) in [7, 11) is 0. The fourth-order valence-electron chi connectivity index (χ4n) is 3.96. The normalized spacial score (nSPS) is 17.7. The van der Waals surface area contributed by atoms with Gasteiger partial charge in [-0.1, -0.05) is 0 Å². The van der Waals surface area contributed by atoms with Gasteiger partial charge in [-0.25, -0.2) is 8.78 Å². The number of halogens is 2. The number of fused-ring (bicyclic) bond motifs is 1. The molecule has 4 rings (SSSR count). The van der Waals surface area contributed by atoms with E-state index in [0.717, 1.165) is 6.07 Å². The number of amides is 2. The van der Waals surface area contributed by atoms with Gasteiger partial charge in [0.1, 0.15) is 17.9 Å². The smallest absolute Gasteiger partial charge is 0.257 e. The Morgan fingerprint density at radius 3 is 2.59 bits per heavy atom. The molecule has 0 N–H and O–H groups in total. The predicted molar refractivity (Wildman–Crippen MR) is 94.4 cm³/mol. The summed E-state index contributed by atoms with van der Waals surface area (Å²) in [5.41, 5.74) is 1.25. The van der Waals surface area contributed by atoms with Gasteiger partial charge in [-0.15, -0.1) is 0 Å². The third kappa shape index (κ3) is 3.34. The second-order valence-electron chi connectivity index (χ2n) is 7.06. The van der Waals surface area contributed by atoms with Gasteiger partial charge in [0.2, 0.25) is 5.91 Å². The Morgan fingerprint density at radius 2 is 1.89 bits per heavy atom. The Hall–Kier alpha value is -2.70. The Kier molecular flexibility index (Phi) is 4.68. The number of rotatable bonds is 2. The van der Waals surface area contributed by atoms with E-state index in [4.69, 9.17) is 4.42 Å². The highest BCUT2D eigenvalue weighted by atomic mass is 19.1. The molecule has 2 aliphatic heterocycles.